The smallest absolute Gasteiger partial charge is 0.456 e. The van der Waals surface area contributed by atoms with Crippen molar-refractivity contribution in [3.63, 3.8) is 0 Å². The van der Waals surface area contributed by atoms with Crippen LogP contribution < -0.4 is 10.9 Å². The van der Waals surface area contributed by atoms with Crippen molar-refractivity contribution >= 4 is 193 Å². The predicted molar refractivity (Wildman–Crippen MR) is 363 cm³/mol. The Morgan fingerprint density at radius 1 is 0.317 bits per heavy atom. The number of halogens is 6. The van der Waals surface area contributed by atoms with Gasteiger partial charge in [0.1, 0.15) is 33.5 Å². The summed E-state index contributed by atoms with van der Waals surface area (Å²) < 4.78 is 24.6. The number of benzene rings is 11. The van der Waals surface area contributed by atoms with Gasteiger partial charge in [-0.05, 0) is 120 Å². The van der Waals surface area contributed by atoms with E-state index in [1.807, 2.05) is 109 Å². The Balaban J connectivity index is 0.000000143. The van der Waals surface area contributed by atoms with Gasteiger partial charge in [0.05, 0.1) is 0 Å². The molecule has 0 spiro atoms. The Morgan fingerprint density at radius 3 is 1.11 bits per heavy atom. The van der Waals surface area contributed by atoms with Crippen LogP contribution in [0.2, 0.25) is 0 Å². The van der Waals surface area contributed by atoms with E-state index >= 15 is 0 Å². The third kappa shape index (κ3) is 13.9. The van der Waals surface area contributed by atoms with Gasteiger partial charge in [0, 0.05) is 119 Å². The summed E-state index contributed by atoms with van der Waals surface area (Å²) in [7, 11) is -2.85. The zero-order chi connectivity index (χ0) is 56.6. The van der Waals surface area contributed by atoms with Crippen LogP contribution in [0, 0.1) is 34.7 Å². The Morgan fingerprint density at radius 2 is 0.659 bits per heavy atom. The van der Waals surface area contributed by atoms with Crippen molar-refractivity contribution in [3.05, 3.63) is 269 Å². The van der Waals surface area contributed by atoms with Gasteiger partial charge in [-0.3, -0.25) is 0 Å². The maximum absolute atomic E-state index is 9.24. The molecule has 14 rings (SSSR count). The van der Waals surface area contributed by atoms with Gasteiger partial charge < -0.3 is 33.3 Å². The van der Waals surface area contributed by atoms with Crippen molar-refractivity contribution in [1.29, 1.82) is 0 Å². The average molecular weight is 1740 g/mol. The minimum atomic E-state index is -1.51. The first-order valence-corrected chi connectivity index (χ1v) is 30.3. The number of furan rings is 3. The quantitative estimate of drug-likeness (QED) is 0.0770. The van der Waals surface area contributed by atoms with Gasteiger partial charge in [0.2, 0.25) is 0 Å². The first-order chi connectivity index (χ1) is 39.4. The normalized spacial score (nSPS) is 10.7. The van der Waals surface area contributed by atoms with Crippen LogP contribution in [-0.2, 0) is 0 Å². The third-order valence-electron chi connectivity index (χ3n) is 13.1. The van der Waals surface area contributed by atoms with Crippen molar-refractivity contribution in [2.45, 2.75) is 0 Å². The summed E-state index contributed by atoms with van der Waals surface area (Å²) in [4.78, 5) is 0. The van der Waals surface area contributed by atoms with Crippen LogP contribution in [0.15, 0.2) is 278 Å². The van der Waals surface area contributed by atoms with E-state index in [0.29, 0.717) is 16.5 Å². The fourth-order valence-electron chi connectivity index (χ4n) is 9.37. The van der Waals surface area contributed by atoms with E-state index in [1.165, 1.54) is 14.7 Å². The standard InChI is InChI=1S/C24H15BrO.C18H10Br2O.C12H9BO3.C6H7BO2.C6H3Br2I.U.H2/c25-21-14-7-11-17(16-8-2-1-3-9-16)23(21)20-13-6-12-19-18-10-4-5-15-22(18)26-24(19)20;19-14-8-4-9-15(20)17(14)13-7-3-6-12-11-5-1-2-10-16(11)21-18(12)13;14-13(15)10-6-3-5-9-8-4-1-2-7-11(8)16-12(9)10;8-7(9)6-4-2-1-3-5-6;7-4-2-1-3-5(8)6(4)9;;/h1-15H;1-10H;1-7,14-15H;1-5,8-9H;1-3H;;1H/i;;;;;;1+2. The number of fused-ring (bicyclic) bond motifs is 9. The third-order valence-corrected chi connectivity index (χ3v) is 19.1. The van der Waals surface area contributed by atoms with Crippen molar-refractivity contribution in [3.8, 4) is 33.4 Å². The van der Waals surface area contributed by atoms with Crippen LogP contribution >= 0.6 is 102 Å². The average Bonchev–Trinajstić information content (AvgIpc) is 3.30. The van der Waals surface area contributed by atoms with Crippen molar-refractivity contribution in [2.75, 3.05) is 0 Å². The van der Waals surface area contributed by atoms with Gasteiger partial charge in [-0.2, -0.15) is 0 Å². The molecular weight excluding hydrogens is 1690 g/mol. The van der Waals surface area contributed by atoms with E-state index in [1.54, 1.807) is 36.4 Å². The van der Waals surface area contributed by atoms with Crippen molar-refractivity contribution in [2.24, 2.45) is 0 Å². The summed E-state index contributed by atoms with van der Waals surface area (Å²) in [6.45, 7) is 0. The summed E-state index contributed by atoms with van der Waals surface area (Å²) in [5.74, 6) is 0. The summed E-state index contributed by atoms with van der Waals surface area (Å²) in [5, 5.41) is 42.1. The Bertz CT molecular complexity index is 4450. The molecule has 0 atom stereocenters. The van der Waals surface area contributed by atoms with Crippen LogP contribution in [0.4, 0.5) is 0 Å². The molecule has 14 aromatic rings. The number of hydrogen-bond donors (Lipinski definition) is 4. The van der Waals surface area contributed by atoms with Gasteiger partial charge in [0.15, 0.2) is 0 Å². The fraction of sp³-hybridized carbons (Fsp3) is 0. The van der Waals surface area contributed by atoms with Crippen LogP contribution in [0.5, 0.6) is 0 Å². The SMILES string of the molecule is Brc1cccc(-c2ccccc2)c1-c1cccc2c1oc1ccccc12.Brc1cccc(Br)c1-c1cccc2c1oc1ccccc12.Brc1cccc(Br)c1I.OB(O)c1cccc2c1oc1ccccc12.OB(O)c1ccccc1.[3HH].[U]. The molecular formula is C66H46B2Br5IO7U. The molecule has 0 saturated carbocycles. The Hall–Kier alpha value is -5.03. The molecule has 0 fully saturated rings. The molecule has 0 amide bonds. The van der Waals surface area contributed by atoms with Crippen LogP contribution in [0.25, 0.3) is 99.2 Å². The molecule has 404 valence electrons. The minimum Gasteiger partial charge on any atom is -0.456 e. The van der Waals surface area contributed by atoms with Gasteiger partial charge in [0.25, 0.3) is 0 Å². The molecule has 0 unspecified atom stereocenters. The molecule has 0 aliphatic rings. The molecule has 3 aromatic heterocycles. The molecule has 11 aromatic carbocycles. The fourth-order valence-corrected chi connectivity index (χ4v) is 12.7. The monoisotopic (exact) mass is 1730 g/mol. The second kappa shape index (κ2) is 28.7. The van der Waals surface area contributed by atoms with E-state index in [9.17, 15) is 10.0 Å². The summed E-state index contributed by atoms with van der Waals surface area (Å²) in [6, 6.07) is 79.6. The molecule has 0 aliphatic heterocycles. The Kier molecular flexibility index (Phi) is 21.5. The molecule has 0 bridgehead atoms. The van der Waals surface area contributed by atoms with Crippen LogP contribution in [0.3, 0.4) is 0 Å². The molecule has 82 heavy (non-hydrogen) atoms. The number of hydrogen-bond acceptors (Lipinski definition) is 7. The minimum absolute atomic E-state index is 0. The van der Waals surface area contributed by atoms with Crippen molar-refractivity contribution in [1.82, 2.24) is 0 Å². The number of rotatable bonds is 5. The zero-order valence-corrected chi connectivity index (χ0v) is 57.3. The van der Waals surface area contributed by atoms with Crippen LogP contribution in [0.1, 0.15) is 1.43 Å². The van der Waals surface area contributed by atoms with E-state index in [4.69, 9.17) is 23.3 Å². The maximum Gasteiger partial charge on any atom is 0.492 e. The molecule has 3 heterocycles. The maximum atomic E-state index is 9.24. The molecule has 0 aliphatic carbocycles. The van der Waals surface area contributed by atoms with Gasteiger partial charge in [-0.1, -0.05) is 242 Å². The number of para-hydroxylation sites is 6. The molecule has 0 saturated heterocycles. The first kappa shape index (κ1) is 61.5. The van der Waals surface area contributed by atoms with Crippen molar-refractivity contribution < 1.29 is 65.9 Å². The van der Waals surface area contributed by atoms with E-state index in [2.05, 4.69) is 199 Å². The largest absolute Gasteiger partial charge is 0.492 e. The molecule has 0 radical (unpaired) electrons. The molecule has 16 heteroatoms. The summed E-state index contributed by atoms with van der Waals surface area (Å²) >= 11 is 20.1. The predicted octanol–water partition coefficient (Wildman–Crippen LogP) is 19.2. The van der Waals surface area contributed by atoms with Gasteiger partial charge in [-0.15, -0.1) is 0 Å². The molecule has 7 nitrogen and oxygen atoms in total. The van der Waals surface area contributed by atoms with E-state index in [0.717, 1.165) is 105 Å². The Labute approximate surface area is 554 Å². The molecule has 4 N–H and O–H groups in total. The second-order valence-corrected chi connectivity index (χ2v) is 23.6. The van der Waals surface area contributed by atoms with E-state index < -0.39 is 14.2 Å². The topological polar surface area (TPSA) is 120 Å². The first-order valence-electron chi connectivity index (χ1n) is 25.2. The van der Waals surface area contributed by atoms with Gasteiger partial charge >= 0.3 is 14.2 Å². The summed E-state index contributed by atoms with van der Waals surface area (Å²) in [5.41, 5.74) is 12.7. The second-order valence-electron chi connectivity index (χ2n) is 18.2. The van der Waals surface area contributed by atoms with Crippen LogP contribution in [-0.4, -0.2) is 34.3 Å². The van der Waals surface area contributed by atoms with E-state index in [-0.39, 0.29) is 32.5 Å². The zero-order valence-electron chi connectivity index (χ0n) is 43.0. The van der Waals surface area contributed by atoms with Gasteiger partial charge in [-0.25, -0.2) is 0 Å². The summed E-state index contributed by atoms with van der Waals surface area (Å²) in [6.07, 6.45) is 0.